The molecule has 1 nitrogen and oxygen atoms in total. The molecule has 1 saturated heterocycles. The average Bonchev–Trinajstić information content (AvgIpc) is 2.78. The molecular formula is C15H25N. The van der Waals surface area contributed by atoms with Gasteiger partial charge in [-0.15, -0.1) is 0 Å². The van der Waals surface area contributed by atoms with Crippen molar-refractivity contribution in [2.45, 2.75) is 33.1 Å². The Morgan fingerprint density at radius 1 is 1.38 bits per heavy atom. The van der Waals surface area contributed by atoms with E-state index in [0.29, 0.717) is 5.92 Å². The van der Waals surface area contributed by atoms with Gasteiger partial charge >= 0.3 is 0 Å². The van der Waals surface area contributed by atoms with Crippen molar-refractivity contribution in [1.82, 2.24) is 4.90 Å². The van der Waals surface area contributed by atoms with Gasteiger partial charge in [-0.3, -0.25) is 0 Å². The minimum atomic E-state index is 0.678. The Bertz CT molecular complexity index is 267. The minimum absolute atomic E-state index is 0.678. The van der Waals surface area contributed by atoms with Gasteiger partial charge in [0, 0.05) is 19.6 Å². The first-order valence-electron chi connectivity index (χ1n) is 6.72. The van der Waals surface area contributed by atoms with Crippen molar-refractivity contribution in [2.24, 2.45) is 17.8 Å². The molecule has 2 fully saturated rings. The van der Waals surface area contributed by atoms with E-state index in [-0.39, 0.29) is 0 Å². The maximum atomic E-state index is 3.77. The van der Waals surface area contributed by atoms with Crippen LogP contribution in [0.5, 0.6) is 0 Å². The molecule has 1 saturated carbocycles. The third-order valence-electron chi connectivity index (χ3n) is 4.49. The topological polar surface area (TPSA) is 3.24 Å². The van der Waals surface area contributed by atoms with Crippen molar-refractivity contribution in [3.63, 3.8) is 0 Å². The second-order valence-electron chi connectivity index (χ2n) is 5.72. The second kappa shape index (κ2) is 5.18. The van der Waals surface area contributed by atoms with E-state index in [2.05, 4.69) is 31.4 Å². The van der Waals surface area contributed by atoms with E-state index in [1.165, 1.54) is 44.5 Å². The smallest absolute Gasteiger partial charge is 0.00446 e. The largest absolute Gasteiger partial charge is 0.302 e. The standard InChI is InChI=1S/C15H25N/c1-4-6-12(2)13(3)9-16-10-14-7-5-8-15(14)11-16/h4,6,13-15H,1,5,7-11H2,2-3H3/b12-6+. The lowest BCUT2D eigenvalue weighted by atomic mass is 10.0. The molecule has 0 radical (unpaired) electrons. The zero-order valence-electron chi connectivity index (χ0n) is 10.8. The van der Waals surface area contributed by atoms with Crippen LogP contribution in [-0.4, -0.2) is 24.5 Å². The summed E-state index contributed by atoms with van der Waals surface area (Å²) in [7, 11) is 0. The lowest BCUT2D eigenvalue weighted by Crippen LogP contribution is -2.27. The summed E-state index contributed by atoms with van der Waals surface area (Å²) in [6.45, 7) is 12.3. The molecule has 0 spiro atoms. The summed E-state index contributed by atoms with van der Waals surface area (Å²) in [6.07, 6.45) is 8.51. The Morgan fingerprint density at radius 2 is 2.00 bits per heavy atom. The first kappa shape index (κ1) is 11.9. The van der Waals surface area contributed by atoms with Crippen LogP contribution in [0, 0.1) is 17.8 Å². The highest BCUT2D eigenvalue weighted by Gasteiger charge is 2.36. The summed E-state index contributed by atoms with van der Waals surface area (Å²) in [5.41, 5.74) is 1.46. The first-order chi connectivity index (χ1) is 7.70. The molecule has 3 atom stereocenters. The molecule has 2 rings (SSSR count). The SMILES string of the molecule is C=C/C=C(\C)C(C)CN1CC2CCCC2C1. The highest BCUT2D eigenvalue weighted by Crippen LogP contribution is 2.38. The number of allylic oxidation sites excluding steroid dienone is 2. The third-order valence-corrected chi connectivity index (χ3v) is 4.49. The van der Waals surface area contributed by atoms with Crippen molar-refractivity contribution in [2.75, 3.05) is 19.6 Å². The number of likely N-dealkylation sites (tertiary alicyclic amines) is 1. The van der Waals surface area contributed by atoms with Gasteiger partial charge in [0.1, 0.15) is 0 Å². The van der Waals surface area contributed by atoms with E-state index in [0.717, 1.165) is 11.8 Å². The van der Waals surface area contributed by atoms with E-state index in [4.69, 9.17) is 0 Å². The summed E-state index contributed by atoms with van der Waals surface area (Å²) in [5.74, 6) is 2.73. The average molecular weight is 219 g/mol. The van der Waals surface area contributed by atoms with E-state index >= 15 is 0 Å². The number of fused-ring (bicyclic) bond motifs is 1. The summed E-state index contributed by atoms with van der Waals surface area (Å²) in [6, 6.07) is 0. The van der Waals surface area contributed by atoms with Crippen LogP contribution in [0.15, 0.2) is 24.3 Å². The van der Waals surface area contributed by atoms with Crippen molar-refractivity contribution >= 4 is 0 Å². The van der Waals surface area contributed by atoms with E-state index in [9.17, 15) is 0 Å². The highest BCUT2D eigenvalue weighted by molar-refractivity contribution is 5.11. The highest BCUT2D eigenvalue weighted by atomic mass is 15.2. The molecular weight excluding hydrogens is 194 g/mol. The van der Waals surface area contributed by atoms with Crippen LogP contribution in [-0.2, 0) is 0 Å². The monoisotopic (exact) mass is 219 g/mol. The second-order valence-corrected chi connectivity index (χ2v) is 5.72. The van der Waals surface area contributed by atoms with Crippen LogP contribution < -0.4 is 0 Å². The Balaban J connectivity index is 1.83. The fourth-order valence-corrected chi connectivity index (χ4v) is 3.36. The van der Waals surface area contributed by atoms with Crippen LogP contribution in [0.2, 0.25) is 0 Å². The predicted octanol–water partition coefficient (Wildman–Crippen LogP) is 3.49. The van der Waals surface area contributed by atoms with E-state index in [1.54, 1.807) is 0 Å². The molecule has 16 heavy (non-hydrogen) atoms. The summed E-state index contributed by atoms with van der Waals surface area (Å²) < 4.78 is 0. The van der Waals surface area contributed by atoms with Gasteiger partial charge in [0.15, 0.2) is 0 Å². The maximum absolute atomic E-state index is 3.77. The Labute approximate surface area is 100 Å². The first-order valence-corrected chi connectivity index (χ1v) is 6.72. The molecule has 0 amide bonds. The molecule has 0 aromatic heterocycles. The van der Waals surface area contributed by atoms with Gasteiger partial charge in [-0.05, 0) is 37.5 Å². The zero-order chi connectivity index (χ0) is 11.5. The molecule has 1 heteroatoms. The minimum Gasteiger partial charge on any atom is -0.302 e. The van der Waals surface area contributed by atoms with E-state index in [1.807, 2.05) is 6.08 Å². The van der Waals surface area contributed by atoms with Gasteiger partial charge < -0.3 is 4.90 Å². The Kier molecular flexibility index (Phi) is 3.86. The fraction of sp³-hybridized carbons (Fsp3) is 0.733. The lowest BCUT2D eigenvalue weighted by molar-refractivity contribution is 0.282. The van der Waals surface area contributed by atoms with Gasteiger partial charge in [-0.25, -0.2) is 0 Å². The maximum Gasteiger partial charge on any atom is 0.00446 e. The van der Waals surface area contributed by atoms with E-state index < -0.39 is 0 Å². The molecule has 3 unspecified atom stereocenters. The third kappa shape index (κ3) is 2.57. The molecule has 1 aliphatic carbocycles. The van der Waals surface area contributed by atoms with Crippen LogP contribution in [0.3, 0.4) is 0 Å². The van der Waals surface area contributed by atoms with Crippen LogP contribution >= 0.6 is 0 Å². The molecule has 1 heterocycles. The summed E-state index contributed by atoms with van der Waals surface area (Å²) >= 11 is 0. The number of rotatable bonds is 4. The van der Waals surface area contributed by atoms with Gasteiger partial charge in [0.05, 0.1) is 0 Å². The van der Waals surface area contributed by atoms with Crippen molar-refractivity contribution in [3.8, 4) is 0 Å². The molecule has 0 aromatic carbocycles. The zero-order valence-corrected chi connectivity index (χ0v) is 10.8. The molecule has 90 valence electrons. The van der Waals surface area contributed by atoms with Crippen LogP contribution in [0.4, 0.5) is 0 Å². The predicted molar refractivity (Wildman–Crippen MR) is 70.4 cm³/mol. The summed E-state index contributed by atoms with van der Waals surface area (Å²) in [5, 5.41) is 0. The fourth-order valence-electron chi connectivity index (χ4n) is 3.36. The number of hydrogen-bond donors (Lipinski definition) is 0. The van der Waals surface area contributed by atoms with Crippen molar-refractivity contribution in [3.05, 3.63) is 24.3 Å². The number of nitrogens with zero attached hydrogens (tertiary/aromatic N) is 1. The lowest BCUT2D eigenvalue weighted by Gasteiger charge is -2.22. The molecule has 2 aliphatic rings. The van der Waals surface area contributed by atoms with Crippen molar-refractivity contribution in [1.29, 1.82) is 0 Å². The quantitative estimate of drug-likeness (QED) is 0.654. The van der Waals surface area contributed by atoms with Gasteiger partial charge in [0.25, 0.3) is 0 Å². The molecule has 0 bridgehead atoms. The number of hydrogen-bond acceptors (Lipinski definition) is 1. The van der Waals surface area contributed by atoms with Gasteiger partial charge in [0.2, 0.25) is 0 Å². The van der Waals surface area contributed by atoms with Crippen LogP contribution in [0.25, 0.3) is 0 Å². The Hall–Kier alpha value is -0.560. The molecule has 0 aromatic rings. The van der Waals surface area contributed by atoms with Gasteiger partial charge in [-0.1, -0.05) is 37.6 Å². The Morgan fingerprint density at radius 3 is 2.56 bits per heavy atom. The normalized spacial score (nSPS) is 32.8. The van der Waals surface area contributed by atoms with Crippen LogP contribution in [0.1, 0.15) is 33.1 Å². The summed E-state index contributed by atoms with van der Waals surface area (Å²) in [4.78, 5) is 2.68. The molecule has 1 aliphatic heterocycles. The van der Waals surface area contributed by atoms with Gasteiger partial charge in [-0.2, -0.15) is 0 Å². The van der Waals surface area contributed by atoms with Crippen molar-refractivity contribution < 1.29 is 0 Å². The molecule has 0 N–H and O–H groups in total.